The first-order valence-corrected chi connectivity index (χ1v) is 9.18. The molecule has 0 aliphatic carbocycles. The van der Waals surface area contributed by atoms with Crippen LogP contribution in [0.2, 0.25) is 0 Å². The lowest BCUT2D eigenvalue weighted by Crippen LogP contribution is -2.49. The first-order valence-electron chi connectivity index (χ1n) is 6.35. The van der Waals surface area contributed by atoms with Gasteiger partial charge in [0.05, 0.1) is 11.4 Å². The van der Waals surface area contributed by atoms with Crippen LogP contribution >= 0.6 is 11.5 Å². The van der Waals surface area contributed by atoms with Crippen molar-refractivity contribution in [2.45, 2.75) is 6.92 Å². The summed E-state index contributed by atoms with van der Waals surface area (Å²) in [6, 6.07) is 0. The molecule has 1 amide bonds. The van der Waals surface area contributed by atoms with Gasteiger partial charge in [-0.2, -0.15) is 0 Å². The number of rotatable bonds is 4. The molecule has 112 valence electrons. The molecule has 0 atom stereocenters. The molecule has 0 bridgehead atoms. The van der Waals surface area contributed by atoms with Gasteiger partial charge in [0.1, 0.15) is 14.7 Å². The number of hydrogen-bond acceptors (Lipinski definition) is 7. The normalized spacial score (nSPS) is 17.4. The highest BCUT2D eigenvalue weighted by Crippen LogP contribution is 2.14. The molecule has 0 unspecified atom stereocenters. The van der Waals surface area contributed by atoms with E-state index in [1.165, 1.54) is 6.26 Å². The number of piperazine rings is 1. The van der Waals surface area contributed by atoms with Gasteiger partial charge >= 0.3 is 0 Å². The third kappa shape index (κ3) is 3.97. The minimum atomic E-state index is -2.93. The molecule has 2 heterocycles. The first kappa shape index (κ1) is 15.3. The molecule has 7 nitrogen and oxygen atoms in total. The number of sulfone groups is 1. The van der Waals surface area contributed by atoms with Crippen LogP contribution in [0.25, 0.3) is 0 Å². The third-order valence-corrected chi connectivity index (χ3v) is 5.02. The van der Waals surface area contributed by atoms with Gasteiger partial charge in [-0.15, -0.1) is 5.10 Å². The Hall–Kier alpha value is -1.06. The molecule has 1 aliphatic heterocycles. The molecule has 1 fully saturated rings. The quantitative estimate of drug-likeness (QED) is 0.754. The van der Waals surface area contributed by atoms with E-state index in [-0.39, 0.29) is 11.7 Å². The zero-order valence-corrected chi connectivity index (χ0v) is 13.2. The zero-order chi connectivity index (χ0) is 14.8. The van der Waals surface area contributed by atoms with Gasteiger partial charge in [-0.25, -0.2) is 8.42 Å². The van der Waals surface area contributed by atoms with Crippen molar-refractivity contribution in [1.82, 2.24) is 19.4 Å². The molecule has 0 spiro atoms. The number of aryl methyl sites for hydroxylation is 1. The maximum absolute atomic E-state index is 12.2. The predicted molar refractivity (Wildman–Crippen MR) is 76.7 cm³/mol. The van der Waals surface area contributed by atoms with Crippen molar-refractivity contribution in [1.29, 1.82) is 0 Å². The average Bonchev–Trinajstić information content (AvgIpc) is 2.81. The van der Waals surface area contributed by atoms with Gasteiger partial charge in [0.2, 0.25) is 0 Å². The highest BCUT2D eigenvalue weighted by Gasteiger charge is 2.25. The SMILES string of the molecule is Cc1nnsc1C(=O)N1CCN(CCS(C)(=O)=O)CC1. The summed E-state index contributed by atoms with van der Waals surface area (Å²) >= 11 is 1.12. The van der Waals surface area contributed by atoms with Crippen LogP contribution in [-0.2, 0) is 9.84 Å². The largest absolute Gasteiger partial charge is 0.335 e. The summed E-state index contributed by atoms with van der Waals surface area (Å²) in [5, 5.41) is 3.85. The maximum Gasteiger partial charge on any atom is 0.267 e. The number of nitrogens with zero attached hydrogens (tertiary/aromatic N) is 4. The summed E-state index contributed by atoms with van der Waals surface area (Å²) in [6.07, 6.45) is 1.24. The molecule has 0 aromatic carbocycles. The summed E-state index contributed by atoms with van der Waals surface area (Å²) in [5.41, 5.74) is 0.666. The summed E-state index contributed by atoms with van der Waals surface area (Å²) in [7, 11) is -2.93. The summed E-state index contributed by atoms with van der Waals surface area (Å²) < 4.78 is 26.0. The minimum absolute atomic E-state index is 0.0275. The first-order chi connectivity index (χ1) is 9.37. The van der Waals surface area contributed by atoms with Crippen LogP contribution in [-0.4, -0.2) is 78.4 Å². The van der Waals surface area contributed by atoms with Gasteiger partial charge in [-0.05, 0) is 18.5 Å². The van der Waals surface area contributed by atoms with Gasteiger partial charge in [-0.1, -0.05) is 4.49 Å². The Kier molecular flexibility index (Phi) is 4.71. The standard InChI is InChI=1S/C11H18N4O3S2/c1-9-10(19-13-12-9)11(16)15-5-3-14(4-6-15)7-8-20(2,17)18/h3-8H2,1-2H3. The van der Waals surface area contributed by atoms with Crippen molar-refractivity contribution in [2.75, 3.05) is 44.7 Å². The van der Waals surface area contributed by atoms with E-state index in [0.29, 0.717) is 43.3 Å². The van der Waals surface area contributed by atoms with E-state index in [2.05, 4.69) is 14.5 Å². The molecule has 0 saturated carbocycles. The van der Waals surface area contributed by atoms with Crippen molar-refractivity contribution < 1.29 is 13.2 Å². The van der Waals surface area contributed by atoms with Gasteiger partial charge in [-0.3, -0.25) is 9.69 Å². The highest BCUT2D eigenvalue weighted by molar-refractivity contribution is 7.90. The monoisotopic (exact) mass is 318 g/mol. The Morgan fingerprint density at radius 2 is 1.95 bits per heavy atom. The number of carbonyl (C=O) groups is 1. The average molecular weight is 318 g/mol. The molecule has 1 aromatic heterocycles. The van der Waals surface area contributed by atoms with Crippen LogP contribution in [0.1, 0.15) is 15.4 Å². The predicted octanol–water partition coefficient (Wildman–Crippen LogP) is -0.351. The molecular weight excluding hydrogens is 300 g/mol. The van der Waals surface area contributed by atoms with Crippen molar-refractivity contribution in [3.05, 3.63) is 10.6 Å². The van der Waals surface area contributed by atoms with Gasteiger partial charge < -0.3 is 4.90 Å². The van der Waals surface area contributed by atoms with Gasteiger partial charge in [0.15, 0.2) is 0 Å². The lowest BCUT2D eigenvalue weighted by atomic mass is 10.3. The van der Waals surface area contributed by atoms with Crippen molar-refractivity contribution in [2.24, 2.45) is 0 Å². The number of hydrogen-bond donors (Lipinski definition) is 0. The zero-order valence-electron chi connectivity index (χ0n) is 11.6. The van der Waals surface area contributed by atoms with Crippen LogP contribution in [0.3, 0.4) is 0 Å². The molecule has 0 N–H and O–H groups in total. The molecule has 1 aromatic rings. The van der Waals surface area contributed by atoms with E-state index in [1.54, 1.807) is 11.8 Å². The number of amides is 1. The van der Waals surface area contributed by atoms with Crippen LogP contribution in [0.5, 0.6) is 0 Å². The third-order valence-electron chi connectivity index (χ3n) is 3.28. The van der Waals surface area contributed by atoms with E-state index in [4.69, 9.17) is 0 Å². The van der Waals surface area contributed by atoms with Crippen molar-refractivity contribution in [3.63, 3.8) is 0 Å². The lowest BCUT2D eigenvalue weighted by Gasteiger charge is -2.34. The van der Waals surface area contributed by atoms with Crippen LogP contribution < -0.4 is 0 Å². The Labute approximate surface area is 122 Å². The molecule has 9 heteroatoms. The van der Waals surface area contributed by atoms with E-state index in [0.717, 1.165) is 11.5 Å². The molecule has 1 saturated heterocycles. The van der Waals surface area contributed by atoms with Crippen LogP contribution in [0.4, 0.5) is 0 Å². The number of aromatic nitrogens is 2. The second-order valence-electron chi connectivity index (χ2n) is 4.95. The van der Waals surface area contributed by atoms with E-state index in [1.807, 2.05) is 0 Å². The van der Waals surface area contributed by atoms with Crippen molar-refractivity contribution in [3.8, 4) is 0 Å². The second-order valence-corrected chi connectivity index (χ2v) is 7.97. The minimum Gasteiger partial charge on any atom is -0.335 e. The van der Waals surface area contributed by atoms with Gasteiger partial charge in [0, 0.05) is 39.0 Å². The number of carbonyl (C=O) groups excluding carboxylic acids is 1. The maximum atomic E-state index is 12.2. The fourth-order valence-corrected chi connectivity index (χ4v) is 3.26. The molecule has 2 rings (SSSR count). The molecule has 1 aliphatic rings. The van der Waals surface area contributed by atoms with Crippen LogP contribution in [0, 0.1) is 6.92 Å². The summed E-state index contributed by atoms with van der Waals surface area (Å²) in [6.45, 7) is 4.93. The van der Waals surface area contributed by atoms with E-state index < -0.39 is 9.84 Å². The fourth-order valence-electron chi connectivity index (χ4n) is 2.04. The second kappa shape index (κ2) is 6.15. The van der Waals surface area contributed by atoms with Crippen LogP contribution in [0.15, 0.2) is 0 Å². The van der Waals surface area contributed by atoms with E-state index in [9.17, 15) is 13.2 Å². The Morgan fingerprint density at radius 1 is 1.30 bits per heavy atom. The van der Waals surface area contributed by atoms with Crippen molar-refractivity contribution >= 4 is 27.3 Å². The smallest absolute Gasteiger partial charge is 0.267 e. The molecule has 20 heavy (non-hydrogen) atoms. The summed E-state index contributed by atoms with van der Waals surface area (Å²) in [5.74, 6) is 0.138. The van der Waals surface area contributed by atoms with Gasteiger partial charge in [0.25, 0.3) is 5.91 Å². The Bertz CT molecular complexity index is 576. The fraction of sp³-hybridized carbons (Fsp3) is 0.727. The highest BCUT2D eigenvalue weighted by atomic mass is 32.2. The lowest BCUT2D eigenvalue weighted by molar-refractivity contribution is 0.0648. The Balaban J connectivity index is 1.85. The van der Waals surface area contributed by atoms with E-state index >= 15 is 0 Å². The topological polar surface area (TPSA) is 83.5 Å². The Morgan fingerprint density at radius 3 is 2.45 bits per heavy atom. The summed E-state index contributed by atoms with van der Waals surface area (Å²) in [4.78, 5) is 16.7. The molecule has 0 radical (unpaired) electrons. The molecular formula is C11H18N4O3S2.